The molecule has 0 atom stereocenters. The van der Waals surface area contributed by atoms with E-state index in [0.717, 1.165) is 0 Å². The molecule has 0 aliphatic rings. The lowest BCUT2D eigenvalue weighted by Crippen LogP contribution is -2.12. The molecule has 0 aliphatic carbocycles. The van der Waals surface area contributed by atoms with E-state index in [2.05, 4.69) is 5.32 Å². The number of benzene rings is 2. The standard InChI is InChI=1S/C13H8Cl3NO/c14-9-5-2-1-4-8(9)13(18)17-11-7-3-6-10(15)12(11)16/h1-7H,(H,17,18). The normalized spacial score (nSPS) is 10.2. The highest BCUT2D eigenvalue weighted by atomic mass is 35.5. The van der Waals surface area contributed by atoms with Crippen molar-refractivity contribution in [3.8, 4) is 0 Å². The zero-order valence-electron chi connectivity index (χ0n) is 9.08. The number of halogens is 3. The predicted octanol–water partition coefficient (Wildman–Crippen LogP) is 4.90. The highest BCUT2D eigenvalue weighted by Gasteiger charge is 2.12. The average Bonchev–Trinajstić information content (AvgIpc) is 2.35. The Labute approximate surface area is 119 Å². The number of amides is 1. The molecule has 0 saturated carbocycles. The molecule has 2 nitrogen and oxygen atoms in total. The molecule has 0 aliphatic heterocycles. The Morgan fingerprint density at radius 2 is 1.56 bits per heavy atom. The molecule has 0 bridgehead atoms. The Bertz CT molecular complexity index is 599. The summed E-state index contributed by atoms with van der Waals surface area (Å²) in [6.07, 6.45) is 0. The summed E-state index contributed by atoms with van der Waals surface area (Å²) in [5.74, 6) is -0.329. The number of rotatable bonds is 2. The Morgan fingerprint density at radius 3 is 2.28 bits per heavy atom. The van der Waals surface area contributed by atoms with Gasteiger partial charge in [0.05, 0.1) is 26.3 Å². The van der Waals surface area contributed by atoms with Crippen LogP contribution in [0.25, 0.3) is 0 Å². The van der Waals surface area contributed by atoms with Crippen LogP contribution in [0.1, 0.15) is 10.4 Å². The van der Waals surface area contributed by atoms with Crippen LogP contribution in [0.15, 0.2) is 42.5 Å². The van der Waals surface area contributed by atoms with Gasteiger partial charge in [-0.2, -0.15) is 0 Å². The van der Waals surface area contributed by atoms with Gasteiger partial charge in [-0.1, -0.05) is 53.0 Å². The van der Waals surface area contributed by atoms with Crippen molar-refractivity contribution in [1.29, 1.82) is 0 Å². The van der Waals surface area contributed by atoms with Crippen LogP contribution in [0, 0.1) is 0 Å². The maximum Gasteiger partial charge on any atom is 0.257 e. The van der Waals surface area contributed by atoms with E-state index in [1.807, 2.05) is 0 Å². The maximum absolute atomic E-state index is 12.0. The van der Waals surface area contributed by atoms with Crippen LogP contribution in [-0.4, -0.2) is 5.91 Å². The molecule has 5 heteroatoms. The van der Waals surface area contributed by atoms with E-state index in [1.165, 1.54) is 0 Å². The quantitative estimate of drug-likeness (QED) is 0.840. The summed E-state index contributed by atoms with van der Waals surface area (Å²) in [6.45, 7) is 0. The fourth-order valence-electron chi connectivity index (χ4n) is 1.44. The first-order chi connectivity index (χ1) is 8.59. The monoisotopic (exact) mass is 299 g/mol. The zero-order chi connectivity index (χ0) is 13.1. The molecule has 0 aromatic heterocycles. The molecular weight excluding hydrogens is 293 g/mol. The molecule has 0 heterocycles. The van der Waals surface area contributed by atoms with Crippen molar-refractivity contribution in [1.82, 2.24) is 0 Å². The maximum atomic E-state index is 12.0. The molecule has 0 saturated heterocycles. The van der Waals surface area contributed by atoms with Gasteiger partial charge in [-0.05, 0) is 24.3 Å². The van der Waals surface area contributed by atoms with Crippen molar-refractivity contribution in [2.45, 2.75) is 0 Å². The van der Waals surface area contributed by atoms with Gasteiger partial charge < -0.3 is 5.32 Å². The highest BCUT2D eigenvalue weighted by molar-refractivity contribution is 6.44. The van der Waals surface area contributed by atoms with Crippen LogP contribution in [0.3, 0.4) is 0 Å². The summed E-state index contributed by atoms with van der Waals surface area (Å²) in [6, 6.07) is 11.8. The minimum absolute atomic E-state index is 0.305. The van der Waals surface area contributed by atoms with Gasteiger partial charge in [-0.3, -0.25) is 4.79 Å². The molecular formula is C13H8Cl3NO. The number of hydrogen-bond acceptors (Lipinski definition) is 1. The molecule has 2 rings (SSSR count). The van der Waals surface area contributed by atoms with Crippen LogP contribution in [0.4, 0.5) is 5.69 Å². The van der Waals surface area contributed by atoms with E-state index < -0.39 is 0 Å². The van der Waals surface area contributed by atoms with Gasteiger partial charge in [0.2, 0.25) is 0 Å². The van der Waals surface area contributed by atoms with Gasteiger partial charge in [-0.15, -0.1) is 0 Å². The van der Waals surface area contributed by atoms with E-state index in [-0.39, 0.29) is 5.91 Å². The Kier molecular flexibility index (Phi) is 4.12. The lowest BCUT2D eigenvalue weighted by atomic mass is 10.2. The molecule has 0 spiro atoms. The largest absolute Gasteiger partial charge is 0.321 e. The van der Waals surface area contributed by atoms with Crippen LogP contribution in [-0.2, 0) is 0 Å². The number of hydrogen-bond donors (Lipinski definition) is 1. The summed E-state index contributed by atoms with van der Waals surface area (Å²) in [5, 5.41) is 3.74. The molecule has 0 unspecified atom stereocenters. The van der Waals surface area contributed by atoms with Crippen molar-refractivity contribution in [2.75, 3.05) is 5.32 Å². The van der Waals surface area contributed by atoms with Crippen molar-refractivity contribution < 1.29 is 4.79 Å². The van der Waals surface area contributed by atoms with Gasteiger partial charge in [-0.25, -0.2) is 0 Å². The second-order valence-corrected chi connectivity index (χ2v) is 4.73. The van der Waals surface area contributed by atoms with E-state index >= 15 is 0 Å². The number of carbonyl (C=O) groups excluding carboxylic acids is 1. The van der Waals surface area contributed by atoms with Crippen molar-refractivity contribution in [3.05, 3.63) is 63.1 Å². The summed E-state index contributed by atoms with van der Waals surface area (Å²) in [7, 11) is 0. The van der Waals surface area contributed by atoms with Gasteiger partial charge in [0, 0.05) is 0 Å². The fourth-order valence-corrected chi connectivity index (χ4v) is 2.00. The number of carbonyl (C=O) groups is 1. The number of nitrogens with one attached hydrogen (secondary N) is 1. The molecule has 18 heavy (non-hydrogen) atoms. The van der Waals surface area contributed by atoms with Crippen LogP contribution < -0.4 is 5.32 Å². The summed E-state index contributed by atoms with van der Waals surface area (Å²) in [5.41, 5.74) is 0.837. The van der Waals surface area contributed by atoms with E-state index in [0.29, 0.717) is 26.3 Å². The Hall–Kier alpha value is -1.22. The summed E-state index contributed by atoms with van der Waals surface area (Å²) < 4.78 is 0. The number of anilines is 1. The third kappa shape index (κ3) is 2.78. The van der Waals surface area contributed by atoms with Gasteiger partial charge in [0.15, 0.2) is 0 Å². The van der Waals surface area contributed by atoms with Gasteiger partial charge >= 0.3 is 0 Å². The van der Waals surface area contributed by atoms with Crippen molar-refractivity contribution in [2.24, 2.45) is 0 Å². The first-order valence-electron chi connectivity index (χ1n) is 5.09. The van der Waals surface area contributed by atoms with Crippen LogP contribution in [0.5, 0.6) is 0 Å². The van der Waals surface area contributed by atoms with Crippen LogP contribution >= 0.6 is 34.8 Å². The average molecular weight is 301 g/mol. The SMILES string of the molecule is O=C(Nc1cccc(Cl)c1Cl)c1ccccc1Cl. The molecule has 1 N–H and O–H groups in total. The van der Waals surface area contributed by atoms with E-state index in [4.69, 9.17) is 34.8 Å². The van der Waals surface area contributed by atoms with Gasteiger partial charge in [0.1, 0.15) is 0 Å². The fraction of sp³-hybridized carbons (Fsp3) is 0. The molecule has 1 amide bonds. The first kappa shape index (κ1) is 13.2. The van der Waals surface area contributed by atoms with Crippen LogP contribution in [0.2, 0.25) is 15.1 Å². The predicted molar refractivity (Wildman–Crippen MR) is 75.9 cm³/mol. The highest BCUT2D eigenvalue weighted by Crippen LogP contribution is 2.30. The first-order valence-corrected chi connectivity index (χ1v) is 6.23. The molecule has 92 valence electrons. The molecule has 0 fully saturated rings. The molecule has 0 radical (unpaired) electrons. The molecule has 2 aromatic rings. The lowest BCUT2D eigenvalue weighted by Gasteiger charge is -2.09. The lowest BCUT2D eigenvalue weighted by molar-refractivity contribution is 0.102. The topological polar surface area (TPSA) is 29.1 Å². The smallest absolute Gasteiger partial charge is 0.257 e. The minimum Gasteiger partial charge on any atom is -0.321 e. The van der Waals surface area contributed by atoms with E-state index in [1.54, 1.807) is 42.5 Å². The summed E-state index contributed by atoms with van der Waals surface area (Å²) in [4.78, 5) is 12.0. The minimum atomic E-state index is -0.329. The Morgan fingerprint density at radius 1 is 0.889 bits per heavy atom. The molecule has 2 aromatic carbocycles. The summed E-state index contributed by atoms with van der Waals surface area (Å²) >= 11 is 17.8. The third-order valence-electron chi connectivity index (χ3n) is 2.32. The van der Waals surface area contributed by atoms with E-state index in [9.17, 15) is 4.79 Å². The van der Waals surface area contributed by atoms with Crippen molar-refractivity contribution >= 4 is 46.4 Å². The zero-order valence-corrected chi connectivity index (χ0v) is 11.4. The van der Waals surface area contributed by atoms with Gasteiger partial charge in [0.25, 0.3) is 5.91 Å². The second kappa shape index (κ2) is 5.61. The Balaban J connectivity index is 2.27. The van der Waals surface area contributed by atoms with Crippen molar-refractivity contribution in [3.63, 3.8) is 0 Å². The third-order valence-corrected chi connectivity index (χ3v) is 3.47. The second-order valence-electron chi connectivity index (χ2n) is 3.54.